The Labute approximate surface area is 108 Å². The van der Waals surface area contributed by atoms with Crippen molar-refractivity contribution in [2.24, 2.45) is 0 Å². The van der Waals surface area contributed by atoms with Crippen LogP contribution in [-0.4, -0.2) is 21.7 Å². The Bertz CT molecular complexity index is 532. The fourth-order valence-electron chi connectivity index (χ4n) is 1.37. The molecule has 0 amide bonds. The van der Waals surface area contributed by atoms with E-state index in [1.165, 1.54) is 12.3 Å². The third kappa shape index (κ3) is 3.16. The SMILES string of the molecule is CCc1noc(CCNc2ncc(Cl)cc2F)n1. The lowest BCUT2D eigenvalue weighted by Crippen LogP contribution is -2.08. The van der Waals surface area contributed by atoms with E-state index in [4.69, 9.17) is 16.1 Å². The van der Waals surface area contributed by atoms with Crippen LogP contribution in [0.4, 0.5) is 10.2 Å². The number of nitrogens with zero attached hydrogens (tertiary/aromatic N) is 3. The second kappa shape index (κ2) is 5.77. The molecule has 0 aliphatic heterocycles. The molecule has 0 spiro atoms. The number of aromatic nitrogens is 3. The van der Waals surface area contributed by atoms with Crippen LogP contribution in [0.3, 0.4) is 0 Å². The molecule has 96 valence electrons. The molecule has 2 aromatic heterocycles. The molecule has 0 unspecified atom stereocenters. The summed E-state index contributed by atoms with van der Waals surface area (Å²) in [6, 6.07) is 1.21. The van der Waals surface area contributed by atoms with Gasteiger partial charge in [-0.3, -0.25) is 0 Å². The number of hydrogen-bond donors (Lipinski definition) is 1. The fourth-order valence-corrected chi connectivity index (χ4v) is 1.51. The van der Waals surface area contributed by atoms with Gasteiger partial charge in [-0.05, 0) is 6.07 Å². The Morgan fingerprint density at radius 1 is 1.50 bits per heavy atom. The normalized spacial score (nSPS) is 10.6. The Balaban J connectivity index is 1.88. The molecule has 0 saturated carbocycles. The summed E-state index contributed by atoms with van der Waals surface area (Å²) >= 11 is 5.60. The molecular formula is C11H12ClFN4O. The molecule has 2 aromatic rings. The summed E-state index contributed by atoms with van der Waals surface area (Å²) < 4.78 is 18.4. The van der Waals surface area contributed by atoms with Gasteiger partial charge in [0.05, 0.1) is 5.02 Å². The largest absolute Gasteiger partial charge is 0.367 e. The van der Waals surface area contributed by atoms with Crippen molar-refractivity contribution in [3.8, 4) is 0 Å². The highest BCUT2D eigenvalue weighted by atomic mass is 35.5. The number of anilines is 1. The minimum atomic E-state index is -0.484. The van der Waals surface area contributed by atoms with E-state index in [1.54, 1.807) is 0 Å². The second-order valence-corrected chi connectivity index (χ2v) is 4.06. The first-order valence-corrected chi connectivity index (χ1v) is 5.93. The summed E-state index contributed by atoms with van der Waals surface area (Å²) in [6.45, 7) is 2.40. The third-order valence-electron chi connectivity index (χ3n) is 2.27. The van der Waals surface area contributed by atoms with E-state index in [0.717, 1.165) is 6.42 Å². The number of nitrogens with one attached hydrogen (secondary N) is 1. The molecule has 7 heteroatoms. The van der Waals surface area contributed by atoms with Crippen LogP contribution in [0.5, 0.6) is 0 Å². The number of aryl methyl sites for hydroxylation is 1. The first-order valence-electron chi connectivity index (χ1n) is 5.55. The van der Waals surface area contributed by atoms with E-state index in [9.17, 15) is 4.39 Å². The summed E-state index contributed by atoms with van der Waals surface area (Å²) in [5.74, 6) is 0.867. The van der Waals surface area contributed by atoms with Crippen molar-refractivity contribution in [2.45, 2.75) is 19.8 Å². The molecule has 0 aliphatic rings. The molecular weight excluding hydrogens is 259 g/mol. The predicted octanol–water partition coefficient (Wildman–Crippen LogP) is 2.47. The van der Waals surface area contributed by atoms with Gasteiger partial charge in [0.1, 0.15) is 0 Å². The van der Waals surface area contributed by atoms with Crippen LogP contribution >= 0.6 is 11.6 Å². The quantitative estimate of drug-likeness (QED) is 0.904. The number of rotatable bonds is 5. The highest BCUT2D eigenvalue weighted by Crippen LogP contribution is 2.15. The highest BCUT2D eigenvalue weighted by molar-refractivity contribution is 6.30. The molecule has 0 bridgehead atoms. The summed E-state index contributed by atoms with van der Waals surface area (Å²) in [7, 11) is 0. The summed E-state index contributed by atoms with van der Waals surface area (Å²) in [4.78, 5) is 7.99. The molecule has 5 nitrogen and oxygen atoms in total. The lowest BCUT2D eigenvalue weighted by Gasteiger charge is -2.04. The number of hydrogen-bond acceptors (Lipinski definition) is 5. The van der Waals surface area contributed by atoms with Gasteiger partial charge in [0, 0.05) is 25.6 Å². The van der Waals surface area contributed by atoms with Gasteiger partial charge < -0.3 is 9.84 Å². The Morgan fingerprint density at radius 3 is 3.00 bits per heavy atom. The average molecular weight is 271 g/mol. The first-order chi connectivity index (χ1) is 8.69. The smallest absolute Gasteiger partial charge is 0.228 e. The van der Waals surface area contributed by atoms with Gasteiger partial charge in [-0.15, -0.1) is 0 Å². The van der Waals surface area contributed by atoms with Crippen molar-refractivity contribution in [2.75, 3.05) is 11.9 Å². The molecule has 18 heavy (non-hydrogen) atoms. The van der Waals surface area contributed by atoms with E-state index in [2.05, 4.69) is 20.4 Å². The molecule has 2 heterocycles. The maximum atomic E-state index is 13.4. The van der Waals surface area contributed by atoms with E-state index < -0.39 is 5.82 Å². The topological polar surface area (TPSA) is 63.8 Å². The molecule has 2 rings (SSSR count). The van der Waals surface area contributed by atoms with Gasteiger partial charge in [0.25, 0.3) is 0 Å². The average Bonchev–Trinajstić information content (AvgIpc) is 2.80. The van der Waals surface area contributed by atoms with Gasteiger partial charge in [-0.2, -0.15) is 4.98 Å². The highest BCUT2D eigenvalue weighted by Gasteiger charge is 2.06. The lowest BCUT2D eigenvalue weighted by atomic mass is 10.4. The zero-order chi connectivity index (χ0) is 13.0. The van der Waals surface area contributed by atoms with Gasteiger partial charge in [-0.1, -0.05) is 23.7 Å². The number of halogens is 2. The lowest BCUT2D eigenvalue weighted by molar-refractivity contribution is 0.375. The molecule has 0 atom stereocenters. The van der Waals surface area contributed by atoms with Crippen LogP contribution in [-0.2, 0) is 12.8 Å². The maximum Gasteiger partial charge on any atom is 0.228 e. The van der Waals surface area contributed by atoms with E-state index in [-0.39, 0.29) is 10.8 Å². The Hall–Kier alpha value is -1.69. The predicted molar refractivity (Wildman–Crippen MR) is 65.1 cm³/mol. The summed E-state index contributed by atoms with van der Waals surface area (Å²) in [5, 5.41) is 6.88. The zero-order valence-corrected chi connectivity index (χ0v) is 10.5. The molecule has 1 N–H and O–H groups in total. The van der Waals surface area contributed by atoms with Gasteiger partial charge in [0.15, 0.2) is 17.5 Å². The van der Waals surface area contributed by atoms with Crippen LogP contribution in [0, 0.1) is 5.82 Å². The van der Waals surface area contributed by atoms with Crippen LogP contribution in [0.2, 0.25) is 5.02 Å². The monoisotopic (exact) mass is 270 g/mol. The number of pyridine rings is 1. The Kier molecular flexibility index (Phi) is 4.09. The van der Waals surface area contributed by atoms with Crippen molar-refractivity contribution < 1.29 is 8.91 Å². The van der Waals surface area contributed by atoms with E-state index >= 15 is 0 Å². The van der Waals surface area contributed by atoms with Crippen molar-refractivity contribution in [3.63, 3.8) is 0 Å². The molecule has 0 saturated heterocycles. The standard InChI is InChI=1S/C11H12ClFN4O/c1-2-9-16-10(18-17-9)3-4-14-11-8(13)5-7(12)6-15-11/h5-6H,2-4H2,1H3,(H,14,15). The van der Waals surface area contributed by atoms with Crippen LogP contribution in [0.1, 0.15) is 18.6 Å². The van der Waals surface area contributed by atoms with Crippen LogP contribution in [0.25, 0.3) is 0 Å². The van der Waals surface area contributed by atoms with Crippen LogP contribution in [0.15, 0.2) is 16.8 Å². The van der Waals surface area contributed by atoms with Crippen molar-refractivity contribution in [1.82, 2.24) is 15.1 Å². The van der Waals surface area contributed by atoms with E-state index in [0.29, 0.717) is 24.7 Å². The second-order valence-electron chi connectivity index (χ2n) is 3.62. The van der Waals surface area contributed by atoms with E-state index in [1.807, 2.05) is 6.92 Å². The molecule has 0 fully saturated rings. The van der Waals surface area contributed by atoms with Gasteiger partial charge >= 0.3 is 0 Å². The maximum absolute atomic E-state index is 13.4. The fraction of sp³-hybridized carbons (Fsp3) is 0.364. The molecule has 0 radical (unpaired) electrons. The van der Waals surface area contributed by atoms with Crippen molar-refractivity contribution in [1.29, 1.82) is 0 Å². The molecule has 0 aromatic carbocycles. The zero-order valence-electron chi connectivity index (χ0n) is 9.78. The first kappa shape index (κ1) is 12.8. The van der Waals surface area contributed by atoms with Crippen LogP contribution < -0.4 is 5.32 Å². The third-order valence-corrected chi connectivity index (χ3v) is 2.47. The Morgan fingerprint density at radius 2 is 2.33 bits per heavy atom. The minimum Gasteiger partial charge on any atom is -0.367 e. The van der Waals surface area contributed by atoms with Gasteiger partial charge in [-0.25, -0.2) is 9.37 Å². The van der Waals surface area contributed by atoms with Crippen molar-refractivity contribution in [3.05, 3.63) is 34.8 Å². The molecule has 0 aliphatic carbocycles. The van der Waals surface area contributed by atoms with Gasteiger partial charge in [0.2, 0.25) is 5.89 Å². The summed E-state index contributed by atoms with van der Waals surface area (Å²) in [5.41, 5.74) is 0. The van der Waals surface area contributed by atoms with Crippen molar-refractivity contribution >= 4 is 17.4 Å². The minimum absolute atomic E-state index is 0.162. The summed E-state index contributed by atoms with van der Waals surface area (Å²) in [6.07, 6.45) is 2.62.